The molecule has 1 aliphatic rings. The minimum atomic E-state index is -0.174. The van der Waals surface area contributed by atoms with E-state index in [1.165, 1.54) is 5.69 Å². The van der Waals surface area contributed by atoms with Gasteiger partial charge < -0.3 is 14.2 Å². The van der Waals surface area contributed by atoms with Gasteiger partial charge in [0.05, 0.1) is 0 Å². The number of benzene rings is 1. The molecule has 0 N–H and O–H groups in total. The summed E-state index contributed by atoms with van der Waals surface area (Å²) in [6, 6.07) is 10.2. The molecule has 116 valence electrons. The molecule has 22 heavy (non-hydrogen) atoms. The molecule has 0 unspecified atom stereocenters. The zero-order chi connectivity index (χ0) is 15.5. The van der Waals surface area contributed by atoms with Crippen LogP contribution < -0.4 is 4.90 Å². The first kappa shape index (κ1) is 14.6. The van der Waals surface area contributed by atoms with Crippen molar-refractivity contribution in [3.63, 3.8) is 0 Å². The van der Waals surface area contributed by atoms with E-state index in [1.807, 2.05) is 32.0 Å². The molecule has 6 nitrogen and oxygen atoms in total. The zero-order valence-corrected chi connectivity index (χ0v) is 12.9. The molecule has 1 saturated heterocycles. The van der Waals surface area contributed by atoms with Gasteiger partial charge in [0.1, 0.15) is 0 Å². The van der Waals surface area contributed by atoms with Crippen molar-refractivity contribution in [3.05, 3.63) is 42.1 Å². The van der Waals surface area contributed by atoms with Gasteiger partial charge >= 0.3 is 11.8 Å². The van der Waals surface area contributed by atoms with Crippen molar-refractivity contribution in [3.8, 4) is 0 Å². The number of hydrogen-bond donors (Lipinski definition) is 0. The summed E-state index contributed by atoms with van der Waals surface area (Å²) in [5.74, 6) is 0.555. The molecule has 0 saturated carbocycles. The second-order valence-electron chi connectivity index (χ2n) is 5.71. The molecule has 3 rings (SSSR count). The van der Waals surface area contributed by atoms with Crippen molar-refractivity contribution in [2.45, 2.75) is 19.8 Å². The molecular weight excluding hydrogens is 280 g/mol. The minimum Gasteiger partial charge on any atom is -0.417 e. The molecule has 0 radical (unpaired) electrons. The van der Waals surface area contributed by atoms with Crippen LogP contribution in [-0.4, -0.2) is 47.2 Å². The van der Waals surface area contributed by atoms with Crippen LogP contribution in [0.2, 0.25) is 0 Å². The lowest BCUT2D eigenvalue weighted by Gasteiger charge is -2.35. The van der Waals surface area contributed by atoms with Crippen LogP contribution in [0.3, 0.4) is 0 Å². The van der Waals surface area contributed by atoms with Crippen molar-refractivity contribution in [2.75, 3.05) is 31.1 Å². The maximum atomic E-state index is 12.4. The summed E-state index contributed by atoms with van der Waals surface area (Å²) < 4.78 is 5.44. The van der Waals surface area contributed by atoms with Crippen LogP contribution in [0.4, 0.5) is 5.69 Å². The van der Waals surface area contributed by atoms with Crippen molar-refractivity contribution in [1.82, 2.24) is 15.1 Å². The van der Waals surface area contributed by atoms with E-state index in [-0.39, 0.29) is 17.7 Å². The standard InChI is InChI=1S/C16H20N4O2/c1-12(2)14-17-18-15(22-14)16(21)20-10-8-19(9-11-20)13-6-4-3-5-7-13/h3-7,12H,8-11H2,1-2H3. The molecule has 1 aliphatic heterocycles. The Hall–Kier alpha value is -2.37. The highest BCUT2D eigenvalue weighted by Gasteiger charge is 2.26. The molecule has 0 bridgehead atoms. The van der Waals surface area contributed by atoms with E-state index in [9.17, 15) is 4.79 Å². The number of aromatic nitrogens is 2. The van der Waals surface area contributed by atoms with Crippen LogP contribution in [0, 0.1) is 0 Å². The van der Waals surface area contributed by atoms with Gasteiger partial charge in [0.15, 0.2) is 0 Å². The van der Waals surface area contributed by atoms with E-state index in [4.69, 9.17) is 4.42 Å². The lowest BCUT2D eigenvalue weighted by molar-refractivity contribution is 0.0704. The molecular formula is C16H20N4O2. The molecule has 6 heteroatoms. The molecule has 1 aromatic carbocycles. The Morgan fingerprint density at radius 1 is 1.09 bits per heavy atom. The maximum Gasteiger partial charge on any atom is 0.311 e. The summed E-state index contributed by atoms with van der Waals surface area (Å²) in [6.45, 7) is 6.85. The van der Waals surface area contributed by atoms with Crippen molar-refractivity contribution >= 4 is 11.6 Å². The van der Waals surface area contributed by atoms with Gasteiger partial charge in [-0.1, -0.05) is 32.0 Å². The quantitative estimate of drug-likeness (QED) is 0.869. The second-order valence-corrected chi connectivity index (χ2v) is 5.71. The van der Waals surface area contributed by atoms with E-state index in [1.54, 1.807) is 4.90 Å². The Kier molecular flexibility index (Phi) is 4.09. The van der Waals surface area contributed by atoms with Gasteiger partial charge in [-0.3, -0.25) is 4.79 Å². The van der Waals surface area contributed by atoms with Gasteiger partial charge in [-0.25, -0.2) is 0 Å². The van der Waals surface area contributed by atoms with Gasteiger partial charge in [-0.15, -0.1) is 10.2 Å². The number of amides is 1. The minimum absolute atomic E-state index is 0.0943. The first-order chi connectivity index (χ1) is 10.6. The number of para-hydroxylation sites is 1. The van der Waals surface area contributed by atoms with Gasteiger partial charge in [0.25, 0.3) is 0 Å². The summed E-state index contributed by atoms with van der Waals surface area (Å²) in [7, 11) is 0. The van der Waals surface area contributed by atoms with Gasteiger partial charge in [0.2, 0.25) is 5.89 Å². The zero-order valence-electron chi connectivity index (χ0n) is 12.9. The lowest BCUT2D eigenvalue weighted by Crippen LogP contribution is -2.48. The predicted molar refractivity (Wildman–Crippen MR) is 82.9 cm³/mol. The van der Waals surface area contributed by atoms with E-state index in [0.29, 0.717) is 19.0 Å². The van der Waals surface area contributed by atoms with Gasteiger partial charge in [-0.05, 0) is 12.1 Å². The summed E-state index contributed by atoms with van der Waals surface area (Å²) in [5.41, 5.74) is 1.19. The van der Waals surface area contributed by atoms with Crippen LogP contribution in [0.5, 0.6) is 0 Å². The average Bonchev–Trinajstić information content (AvgIpc) is 3.05. The van der Waals surface area contributed by atoms with Crippen LogP contribution in [0.25, 0.3) is 0 Å². The first-order valence-electron chi connectivity index (χ1n) is 7.58. The van der Waals surface area contributed by atoms with Crippen molar-refractivity contribution in [1.29, 1.82) is 0 Å². The van der Waals surface area contributed by atoms with E-state index in [2.05, 4.69) is 27.2 Å². The topological polar surface area (TPSA) is 62.5 Å². The molecule has 1 fully saturated rings. The maximum absolute atomic E-state index is 12.4. The third kappa shape index (κ3) is 2.95. The summed E-state index contributed by atoms with van der Waals surface area (Å²) >= 11 is 0. The summed E-state index contributed by atoms with van der Waals surface area (Å²) in [5, 5.41) is 7.79. The lowest BCUT2D eigenvalue weighted by atomic mass is 10.2. The molecule has 1 amide bonds. The molecule has 2 aromatic rings. The smallest absolute Gasteiger partial charge is 0.311 e. The largest absolute Gasteiger partial charge is 0.417 e. The predicted octanol–water partition coefficient (Wildman–Crippen LogP) is 2.16. The normalized spacial score (nSPS) is 15.4. The number of carbonyl (C=O) groups excluding carboxylic acids is 1. The molecule has 0 spiro atoms. The Labute approximate surface area is 129 Å². The fraction of sp³-hybridized carbons (Fsp3) is 0.438. The van der Waals surface area contributed by atoms with Crippen molar-refractivity contribution < 1.29 is 9.21 Å². The SMILES string of the molecule is CC(C)c1nnc(C(=O)N2CCN(c3ccccc3)CC2)o1. The molecule has 2 heterocycles. The second kappa shape index (κ2) is 6.17. The molecule has 0 atom stereocenters. The van der Waals surface area contributed by atoms with Crippen LogP contribution in [0.15, 0.2) is 34.7 Å². The van der Waals surface area contributed by atoms with E-state index in [0.717, 1.165) is 13.1 Å². The van der Waals surface area contributed by atoms with Crippen molar-refractivity contribution in [2.24, 2.45) is 0 Å². The molecule has 0 aliphatic carbocycles. The third-order valence-electron chi connectivity index (χ3n) is 3.81. The number of rotatable bonds is 3. The number of anilines is 1. The van der Waals surface area contributed by atoms with E-state index < -0.39 is 0 Å². The Bertz CT molecular complexity index is 631. The Morgan fingerprint density at radius 2 is 1.77 bits per heavy atom. The van der Waals surface area contributed by atoms with Crippen LogP contribution >= 0.6 is 0 Å². The fourth-order valence-corrected chi connectivity index (χ4v) is 2.50. The van der Waals surface area contributed by atoms with Gasteiger partial charge in [-0.2, -0.15) is 0 Å². The summed E-state index contributed by atoms with van der Waals surface area (Å²) in [4.78, 5) is 16.4. The van der Waals surface area contributed by atoms with Gasteiger partial charge in [0, 0.05) is 37.8 Å². The number of carbonyl (C=O) groups is 1. The highest BCUT2D eigenvalue weighted by atomic mass is 16.4. The fourth-order valence-electron chi connectivity index (χ4n) is 2.50. The summed E-state index contributed by atoms with van der Waals surface area (Å²) in [6.07, 6.45) is 0. The first-order valence-corrected chi connectivity index (χ1v) is 7.58. The Balaban J connectivity index is 1.62. The highest BCUT2D eigenvalue weighted by molar-refractivity contribution is 5.89. The van der Waals surface area contributed by atoms with Crippen LogP contribution in [-0.2, 0) is 0 Å². The third-order valence-corrected chi connectivity index (χ3v) is 3.81. The number of piperazine rings is 1. The number of hydrogen-bond acceptors (Lipinski definition) is 5. The molecule has 1 aromatic heterocycles. The average molecular weight is 300 g/mol. The Morgan fingerprint density at radius 3 is 2.36 bits per heavy atom. The van der Waals surface area contributed by atoms with Crippen LogP contribution in [0.1, 0.15) is 36.3 Å². The van der Waals surface area contributed by atoms with E-state index >= 15 is 0 Å². The monoisotopic (exact) mass is 300 g/mol. The highest BCUT2D eigenvalue weighted by Crippen LogP contribution is 2.17. The number of nitrogens with zero attached hydrogens (tertiary/aromatic N) is 4.